The average Bonchev–Trinajstić information content (AvgIpc) is 3.83. The fourth-order valence-corrected chi connectivity index (χ4v) is 9.75. The van der Waals surface area contributed by atoms with Crippen LogP contribution in [0.2, 0.25) is 0 Å². The number of likely N-dealkylation sites (tertiary alicyclic amines) is 2. The summed E-state index contributed by atoms with van der Waals surface area (Å²) in [5.41, 5.74) is 4.69. The van der Waals surface area contributed by atoms with E-state index in [0.29, 0.717) is 64.2 Å². The predicted octanol–water partition coefficient (Wildman–Crippen LogP) is 6.62. The monoisotopic (exact) mass is 765 g/mol. The van der Waals surface area contributed by atoms with Crippen LogP contribution in [0.1, 0.15) is 104 Å². The second-order valence-electron chi connectivity index (χ2n) is 18.5. The van der Waals surface area contributed by atoms with Gasteiger partial charge in [0.2, 0.25) is 5.91 Å². The van der Waals surface area contributed by atoms with Crippen molar-refractivity contribution in [2.45, 2.75) is 128 Å². The van der Waals surface area contributed by atoms with Crippen LogP contribution in [0.3, 0.4) is 0 Å². The van der Waals surface area contributed by atoms with Gasteiger partial charge in [-0.3, -0.25) is 4.79 Å². The van der Waals surface area contributed by atoms with E-state index >= 15 is 4.79 Å². The first-order chi connectivity index (χ1) is 26.9. The van der Waals surface area contributed by atoms with Crippen LogP contribution >= 0.6 is 0 Å². The fraction of sp³-hybridized carbons (Fsp3) is 0.651. The van der Waals surface area contributed by atoms with Crippen molar-refractivity contribution < 1.29 is 19.1 Å². The van der Waals surface area contributed by atoms with Gasteiger partial charge >= 0.3 is 12.1 Å². The van der Waals surface area contributed by atoms with Crippen LogP contribution in [0.15, 0.2) is 30.6 Å². The summed E-state index contributed by atoms with van der Waals surface area (Å²) in [6, 6.07) is 10.0. The number of piperidine rings is 2. The number of urea groups is 1. The number of nitrogens with zero attached hydrogens (tertiary/aromatic N) is 8. The number of nitrogens with one attached hydrogen (secondary N) is 1. The highest BCUT2D eigenvalue weighted by Gasteiger charge is 2.56. The van der Waals surface area contributed by atoms with Gasteiger partial charge in [-0.25, -0.2) is 19.6 Å². The highest BCUT2D eigenvalue weighted by atomic mass is 16.6. The molecule has 0 bridgehead atoms. The molecule has 0 unspecified atom stereocenters. The van der Waals surface area contributed by atoms with Crippen LogP contribution in [0.25, 0.3) is 22.3 Å². The largest absolute Gasteiger partial charge is 0.444 e. The molecule has 1 N–H and O–H groups in total. The predicted molar refractivity (Wildman–Crippen MR) is 217 cm³/mol. The summed E-state index contributed by atoms with van der Waals surface area (Å²) in [5.74, 6) is 1.07. The SMILES string of the molecule is CC(C)n1cnc2cc(-c3ccc4c(c3)N(C3CC(N5CCCCC5)C3)C(=O)C43CCN(C(=O)N4CCN(C(=O)OC(C)(C)C)CC4)CC3)nc(NC3CC3)c21. The van der Waals surface area contributed by atoms with Crippen molar-refractivity contribution in [2.24, 2.45) is 0 Å². The zero-order chi connectivity index (χ0) is 38.9. The maximum atomic E-state index is 15.0. The molecule has 0 atom stereocenters. The number of amides is 4. The Morgan fingerprint density at radius 1 is 0.875 bits per heavy atom. The highest BCUT2D eigenvalue weighted by Crippen LogP contribution is 2.52. The molecule has 3 aromatic rings. The number of ether oxygens (including phenoxy) is 1. The molecule has 4 amide bonds. The molecule has 56 heavy (non-hydrogen) atoms. The Labute approximate surface area is 330 Å². The summed E-state index contributed by atoms with van der Waals surface area (Å²) in [7, 11) is 0. The minimum absolute atomic E-state index is 0.0121. The molecule has 4 aliphatic heterocycles. The summed E-state index contributed by atoms with van der Waals surface area (Å²) in [4.78, 5) is 61.8. The van der Waals surface area contributed by atoms with Crippen LogP contribution in [0.4, 0.5) is 21.1 Å². The van der Waals surface area contributed by atoms with Gasteiger partial charge in [0.15, 0.2) is 5.82 Å². The minimum atomic E-state index is -0.664. The number of imidazole rings is 1. The van der Waals surface area contributed by atoms with E-state index in [0.717, 1.165) is 78.1 Å². The third-order valence-corrected chi connectivity index (χ3v) is 13.2. The normalized spacial score (nSPS) is 24.2. The number of piperazine rings is 1. The molecule has 2 aromatic heterocycles. The van der Waals surface area contributed by atoms with Crippen molar-refractivity contribution >= 4 is 40.6 Å². The minimum Gasteiger partial charge on any atom is -0.444 e. The second-order valence-corrected chi connectivity index (χ2v) is 18.5. The number of benzene rings is 1. The first-order valence-corrected chi connectivity index (χ1v) is 21.3. The maximum Gasteiger partial charge on any atom is 0.410 e. The quantitative estimate of drug-likeness (QED) is 0.298. The summed E-state index contributed by atoms with van der Waals surface area (Å²) in [6.07, 6.45) is 10.9. The van der Waals surface area contributed by atoms with E-state index in [2.05, 4.69) is 57.8 Å². The molecule has 6 aliphatic rings. The van der Waals surface area contributed by atoms with E-state index in [1.54, 1.807) is 4.90 Å². The Hall–Kier alpha value is -4.39. The van der Waals surface area contributed by atoms with E-state index in [1.807, 2.05) is 36.9 Å². The Morgan fingerprint density at radius 2 is 1.55 bits per heavy atom. The zero-order valence-electron chi connectivity index (χ0n) is 33.9. The number of carbonyl (C=O) groups is 3. The molecule has 2 aliphatic carbocycles. The number of hydrogen-bond donors (Lipinski definition) is 1. The topological polar surface area (TPSA) is 119 Å². The van der Waals surface area contributed by atoms with Gasteiger partial charge in [-0.1, -0.05) is 18.6 Å². The number of carbonyl (C=O) groups excluding carboxylic acids is 3. The van der Waals surface area contributed by atoms with E-state index in [1.165, 1.54) is 19.3 Å². The first kappa shape index (κ1) is 37.2. The third-order valence-electron chi connectivity index (χ3n) is 13.2. The lowest BCUT2D eigenvalue weighted by Crippen LogP contribution is -2.59. The number of aromatic nitrogens is 3. The molecule has 2 saturated carbocycles. The Morgan fingerprint density at radius 3 is 2.21 bits per heavy atom. The molecule has 300 valence electrons. The van der Waals surface area contributed by atoms with Crippen molar-refractivity contribution in [1.29, 1.82) is 0 Å². The van der Waals surface area contributed by atoms with Crippen molar-refractivity contribution in [3.05, 3.63) is 36.2 Å². The number of fused-ring (bicyclic) bond motifs is 3. The van der Waals surface area contributed by atoms with Gasteiger partial charge in [-0.15, -0.1) is 0 Å². The standard InChI is InChI=1S/C43H59N9O4/c1-28(2)51-27-44-35-26-34(46-38(37(35)51)45-30-10-11-30)29-9-12-33-36(23-29)52(32-24-31(25-32)47-15-7-6-8-16-47)39(53)43(33)13-17-48(18-14-43)40(54)49-19-21-50(22-20-49)41(55)56-42(3,4)5/h9,12,23,26-28,30-32H,6-8,10-11,13-22,24-25H2,1-5H3,(H,45,46). The molecule has 1 spiro atoms. The van der Waals surface area contributed by atoms with Gasteiger partial charge in [0.05, 0.1) is 23.0 Å². The molecule has 1 aromatic carbocycles. The summed E-state index contributed by atoms with van der Waals surface area (Å²) < 4.78 is 7.75. The number of hydrogen-bond acceptors (Lipinski definition) is 8. The second kappa shape index (κ2) is 14.2. The molecule has 3 saturated heterocycles. The summed E-state index contributed by atoms with van der Waals surface area (Å²) in [6.45, 7) is 15.1. The number of pyridine rings is 1. The maximum absolute atomic E-state index is 15.0. The van der Waals surface area contributed by atoms with Gasteiger partial charge in [0, 0.05) is 74.7 Å². The van der Waals surface area contributed by atoms with Crippen LogP contribution in [-0.4, -0.2) is 128 Å². The van der Waals surface area contributed by atoms with Crippen molar-refractivity contribution in [3.63, 3.8) is 0 Å². The zero-order valence-corrected chi connectivity index (χ0v) is 33.9. The molecular weight excluding hydrogens is 707 g/mol. The lowest BCUT2D eigenvalue weighted by atomic mass is 9.73. The molecular formula is C43H59N9O4. The molecule has 5 fully saturated rings. The molecule has 6 heterocycles. The van der Waals surface area contributed by atoms with Gasteiger partial charge in [-0.2, -0.15) is 0 Å². The van der Waals surface area contributed by atoms with Crippen LogP contribution in [0.5, 0.6) is 0 Å². The third kappa shape index (κ3) is 6.77. The first-order valence-electron chi connectivity index (χ1n) is 21.3. The van der Waals surface area contributed by atoms with E-state index in [9.17, 15) is 9.59 Å². The summed E-state index contributed by atoms with van der Waals surface area (Å²) >= 11 is 0. The van der Waals surface area contributed by atoms with E-state index < -0.39 is 11.0 Å². The number of rotatable bonds is 6. The lowest BCUT2D eigenvalue weighted by molar-refractivity contribution is -0.125. The molecule has 0 radical (unpaired) electrons. The van der Waals surface area contributed by atoms with Gasteiger partial charge in [0.25, 0.3) is 0 Å². The molecule has 13 heteroatoms. The Kier molecular flexibility index (Phi) is 9.44. The van der Waals surface area contributed by atoms with E-state index in [4.69, 9.17) is 14.7 Å². The van der Waals surface area contributed by atoms with Crippen molar-refractivity contribution in [3.8, 4) is 11.3 Å². The van der Waals surface area contributed by atoms with Crippen LogP contribution in [-0.2, 0) is 14.9 Å². The molecule has 13 nitrogen and oxygen atoms in total. The lowest BCUT2D eigenvalue weighted by Gasteiger charge is -2.48. The van der Waals surface area contributed by atoms with Crippen LogP contribution in [0, 0.1) is 0 Å². The Bertz CT molecular complexity index is 1990. The van der Waals surface area contributed by atoms with Gasteiger partial charge in [0.1, 0.15) is 11.1 Å². The smallest absolute Gasteiger partial charge is 0.410 e. The fourth-order valence-electron chi connectivity index (χ4n) is 9.75. The average molecular weight is 766 g/mol. The van der Waals surface area contributed by atoms with Gasteiger partial charge < -0.3 is 39.1 Å². The molecule has 9 rings (SSSR count). The Balaban J connectivity index is 0.972. The summed E-state index contributed by atoms with van der Waals surface area (Å²) in [5, 5.41) is 3.69. The van der Waals surface area contributed by atoms with Crippen molar-refractivity contribution in [2.75, 3.05) is 62.6 Å². The van der Waals surface area contributed by atoms with Crippen LogP contribution < -0.4 is 10.2 Å². The highest BCUT2D eigenvalue weighted by molar-refractivity contribution is 6.09. The van der Waals surface area contributed by atoms with E-state index in [-0.39, 0.29) is 30.1 Å². The van der Waals surface area contributed by atoms with Gasteiger partial charge in [-0.05, 0) is 117 Å². The van der Waals surface area contributed by atoms with Crippen molar-refractivity contribution in [1.82, 2.24) is 34.1 Å². The number of anilines is 2.